The third-order valence-electron chi connectivity index (χ3n) is 3.19. The van der Waals surface area contributed by atoms with Crippen LogP contribution in [-0.4, -0.2) is 15.9 Å². The fourth-order valence-corrected chi connectivity index (χ4v) is 2.17. The van der Waals surface area contributed by atoms with Crippen LogP contribution in [-0.2, 0) is 17.8 Å². The van der Waals surface area contributed by atoms with Crippen LogP contribution in [0.4, 0.5) is 17.1 Å². The van der Waals surface area contributed by atoms with Gasteiger partial charge in [0.15, 0.2) is 0 Å². The van der Waals surface area contributed by atoms with Gasteiger partial charge >= 0.3 is 0 Å². The lowest BCUT2D eigenvalue weighted by Gasteiger charge is -2.19. The molecule has 1 amide bonds. The molecule has 1 aliphatic rings. The minimum atomic E-state index is 0.0464. The number of benzene rings is 1. The summed E-state index contributed by atoms with van der Waals surface area (Å²) in [6, 6.07) is 3.81. The molecular weight excluding hydrogens is 242 g/mol. The number of imidazole rings is 1. The van der Waals surface area contributed by atoms with Crippen molar-refractivity contribution < 1.29 is 4.79 Å². The van der Waals surface area contributed by atoms with E-state index in [-0.39, 0.29) is 5.91 Å². The van der Waals surface area contributed by atoms with E-state index in [1.165, 1.54) is 0 Å². The monoisotopic (exact) mass is 257 g/mol. The van der Waals surface area contributed by atoms with Crippen LogP contribution in [0.3, 0.4) is 0 Å². The maximum Gasteiger partial charge on any atom is 0.224 e. The first kappa shape index (κ1) is 11.6. The average molecular weight is 257 g/mol. The topological polar surface area (TPSA) is 95.8 Å². The number of amides is 1. The van der Waals surface area contributed by atoms with Gasteiger partial charge in [-0.15, -0.1) is 0 Å². The zero-order valence-electron chi connectivity index (χ0n) is 10.4. The minimum Gasteiger partial charge on any atom is -0.397 e. The van der Waals surface area contributed by atoms with Crippen molar-refractivity contribution in [2.24, 2.45) is 0 Å². The third kappa shape index (κ3) is 2.37. The van der Waals surface area contributed by atoms with Crippen LogP contribution in [0.1, 0.15) is 17.7 Å². The van der Waals surface area contributed by atoms with E-state index in [0.29, 0.717) is 18.7 Å². The number of nitrogens with two attached hydrogens (primary N) is 1. The lowest BCUT2D eigenvalue weighted by atomic mass is 10.0. The summed E-state index contributed by atoms with van der Waals surface area (Å²) in [6.45, 7) is 0.634. The number of nitrogens with one attached hydrogen (secondary N) is 3. The molecule has 6 nitrogen and oxygen atoms in total. The van der Waals surface area contributed by atoms with E-state index < -0.39 is 0 Å². The Hall–Kier alpha value is -2.50. The SMILES string of the molecule is Nc1cc2c(cc1NCc1cnc[nH]1)CCC(=O)N2. The van der Waals surface area contributed by atoms with Gasteiger partial charge in [0.05, 0.1) is 29.9 Å². The Labute approximate surface area is 110 Å². The predicted molar refractivity (Wildman–Crippen MR) is 73.7 cm³/mol. The lowest BCUT2D eigenvalue weighted by Crippen LogP contribution is -2.19. The third-order valence-corrected chi connectivity index (χ3v) is 3.19. The van der Waals surface area contributed by atoms with Gasteiger partial charge in [-0.25, -0.2) is 4.98 Å². The lowest BCUT2D eigenvalue weighted by molar-refractivity contribution is -0.116. The molecule has 0 atom stereocenters. The molecule has 1 aliphatic heterocycles. The number of H-pyrrole nitrogens is 1. The van der Waals surface area contributed by atoms with Crippen molar-refractivity contribution >= 4 is 23.0 Å². The summed E-state index contributed by atoms with van der Waals surface area (Å²) in [4.78, 5) is 18.3. The van der Waals surface area contributed by atoms with Crippen LogP contribution in [0.5, 0.6) is 0 Å². The van der Waals surface area contributed by atoms with Crippen molar-refractivity contribution in [1.29, 1.82) is 0 Å². The number of hydrogen-bond acceptors (Lipinski definition) is 4. The van der Waals surface area contributed by atoms with Gasteiger partial charge in [-0.1, -0.05) is 0 Å². The van der Waals surface area contributed by atoms with Crippen molar-refractivity contribution in [2.45, 2.75) is 19.4 Å². The molecule has 19 heavy (non-hydrogen) atoms. The first-order valence-electron chi connectivity index (χ1n) is 6.16. The molecule has 5 N–H and O–H groups in total. The molecular formula is C13H15N5O. The van der Waals surface area contributed by atoms with Crippen LogP contribution in [0.2, 0.25) is 0 Å². The molecule has 0 spiro atoms. The van der Waals surface area contributed by atoms with Crippen molar-refractivity contribution in [3.05, 3.63) is 35.9 Å². The summed E-state index contributed by atoms with van der Waals surface area (Å²) >= 11 is 0. The zero-order chi connectivity index (χ0) is 13.2. The highest BCUT2D eigenvalue weighted by Crippen LogP contribution is 2.31. The fraction of sp³-hybridized carbons (Fsp3) is 0.231. The first-order chi connectivity index (χ1) is 9.22. The summed E-state index contributed by atoms with van der Waals surface area (Å²) in [5.74, 6) is 0.0464. The number of rotatable bonds is 3. The molecule has 0 bridgehead atoms. The number of anilines is 3. The number of hydrogen-bond donors (Lipinski definition) is 4. The van der Waals surface area contributed by atoms with E-state index in [1.807, 2.05) is 12.1 Å². The Balaban J connectivity index is 1.80. The van der Waals surface area contributed by atoms with Crippen LogP contribution in [0.25, 0.3) is 0 Å². The summed E-state index contributed by atoms with van der Waals surface area (Å²) in [6.07, 6.45) is 4.68. The Morgan fingerprint density at radius 1 is 1.37 bits per heavy atom. The number of nitrogens with zero attached hydrogens (tertiary/aromatic N) is 1. The molecule has 0 radical (unpaired) electrons. The van der Waals surface area contributed by atoms with Crippen LogP contribution in [0.15, 0.2) is 24.7 Å². The molecule has 98 valence electrons. The number of aromatic nitrogens is 2. The standard InChI is InChI=1S/C13H15N5O/c14-10-4-11-8(1-2-13(19)18-11)3-12(10)16-6-9-5-15-7-17-9/h3-5,7,16H,1-2,6,14H2,(H,15,17)(H,18,19). The Morgan fingerprint density at radius 3 is 3.05 bits per heavy atom. The summed E-state index contributed by atoms with van der Waals surface area (Å²) in [7, 11) is 0. The largest absolute Gasteiger partial charge is 0.397 e. The van der Waals surface area contributed by atoms with Gasteiger partial charge in [0.1, 0.15) is 0 Å². The van der Waals surface area contributed by atoms with E-state index in [9.17, 15) is 4.79 Å². The van der Waals surface area contributed by atoms with Gasteiger partial charge in [0.25, 0.3) is 0 Å². The smallest absolute Gasteiger partial charge is 0.224 e. The molecule has 2 aromatic rings. The molecule has 0 aliphatic carbocycles. The summed E-state index contributed by atoms with van der Waals surface area (Å²) < 4.78 is 0. The van der Waals surface area contributed by atoms with Gasteiger partial charge in [0, 0.05) is 18.3 Å². The fourth-order valence-electron chi connectivity index (χ4n) is 2.17. The second kappa shape index (κ2) is 4.64. The Morgan fingerprint density at radius 2 is 2.26 bits per heavy atom. The maximum atomic E-state index is 11.3. The molecule has 3 rings (SSSR count). The van der Waals surface area contributed by atoms with Gasteiger partial charge in [-0.2, -0.15) is 0 Å². The molecule has 6 heteroatoms. The van der Waals surface area contributed by atoms with Crippen LogP contribution >= 0.6 is 0 Å². The molecule has 0 saturated carbocycles. The van der Waals surface area contributed by atoms with Crippen LogP contribution in [0, 0.1) is 0 Å². The highest BCUT2D eigenvalue weighted by molar-refractivity contribution is 5.95. The average Bonchev–Trinajstić information content (AvgIpc) is 2.89. The first-order valence-corrected chi connectivity index (χ1v) is 6.16. The predicted octanol–water partition coefficient (Wildman–Crippen LogP) is 1.49. The second-order valence-corrected chi connectivity index (χ2v) is 4.58. The molecule has 0 fully saturated rings. The van der Waals surface area contributed by atoms with E-state index in [1.54, 1.807) is 12.5 Å². The Bertz CT molecular complexity index is 606. The van der Waals surface area contributed by atoms with Gasteiger partial charge < -0.3 is 21.4 Å². The van der Waals surface area contributed by atoms with Gasteiger partial charge in [0.2, 0.25) is 5.91 Å². The summed E-state index contributed by atoms with van der Waals surface area (Å²) in [5.41, 5.74) is 10.4. The minimum absolute atomic E-state index is 0.0464. The quantitative estimate of drug-likeness (QED) is 0.626. The normalized spacial score (nSPS) is 13.8. The van der Waals surface area contributed by atoms with E-state index in [0.717, 1.165) is 29.1 Å². The molecule has 2 heterocycles. The van der Waals surface area contributed by atoms with Crippen molar-refractivity contribution in [2.75, 3.05) is 16.4 Å². The second-order valence-electron chi connectivity index (χ2n) is 4.58. The molecule has 1 aromatic heterocycles. The zero-order valence-corrected chi connectivity index (χ0v) is 10.4. The van der Waals surface area contributed by atoms with E-state index >= 15 is 0 Å². The van der Waals surface area contributed by atoms with Gasteiger partial charge in [-0.05, 0) is 24.1 Å². The van der Waals surface area contributed by atoms with Crippen molar-refractivity contribution in [3.8, 4) is 0 Å². The highest BCUT2D eigenvalue weighted by atomic mass is 16.1. The number of aromatic amines is 1. The van der Waals surface area contributed by atoms with E-state index in [4.69, 9.17) is 5.73 Å². The number of nitrogen functional groups attached to an aromatic ring is 1. The van der Waals surface area contributed by atoms with Gasteiger partial charge in [-0.3, -0.25) is 4.79 Å². The van der Waals surface area contributed by atoms with Crippen molar-refractivity contribution in [3.63, 3.8) is 0 Å². The molecule has 1 aromatic carbocycles. The Kier molecular flexibility index (Phi) is 2.83. The number of aryl methyl sites for hydroxylation is 1. The number of carbonyl (C=O) groups excluding carboxylic acids is 1. The maximum absolute atomic E-state index is 11.3. The highest BCUT2D eigenvalue weighted by Gasteiger charge is 2.16. The molecule has 0 saturated heterocycles. The number of carbonyl (C=O) groups is 1. The van der Waals surface area contributed by atoms with Crippen LogP contribution < -0.4 is 16.4 Å². The van der Waals surface area contributed by atoms with E-state index in [2.05, 4.69) is 20.6 Å². The summed E-state index contributed by atoms with van der Waals surface area (Å²) in [5, 5.41) is 6.10. The molecule has 0 unspecified atom stereocenters. The van der Waals surface area contributed by atoms with Crippen molar-refractivity contribution in [1.82, 2.24) is 9.97 Å². The number of fused-ring (bicyclic) bond motifs is 1.